The standard InChI is InChI=1S/C18H22N4O2/c1-3-24-18(23)16-7-19-22(11-16)10-13-4-5-17(20-12(13)2)21-8-14-6-15(14)9-21/h4-5,7,11,14-15H,3,6,8-10H2,1-2H3. The number of carbonyl (C=O) groups is 1. The van der Waals surface area contributed by atoms with Crippen LogP contribution in [0.4, 0.5) is 5.82 Å². The molecule has 0 radical (unpaired) electrons. The van der Waals surface area contributed by atoms with Gasteiger partial charge in [-0.2, -0.15) is 5.10 Å². The predicted molar refractivity (Wildman–Crippen MR) is 90.1 cm³/mol. The van der Waals surface area contributed by atoms with E-state index in [9.17, 15) is 4.79 Å². The van der Waals surface area contributed by atoms with Crippen LogP contribution < -0.4 is 4.90 Å². The second-order valence-corrected chi connectivity index (χ2v) is 6.72. The van der Waals surface area contributed by atoms with Crippen LogP contribution in [-0.4, -0.2) is 40.4 Å². The highest BCUT2D eigenvalue weighted by Gasteiger charge is 2.45. The van der Waals surface area contributed by atoms with Gasteiger partial charge in [0.05, 0.1) is 24.9 Å². The Hall–Kier alpha value is -2.37. The number of aromatic nitrogens is 3. The van der Waals surface area contributed by atoms with Gasteiger partial charge in [0.25, 0.3) is 0 Å². The molecule has 0 N–H and O–H groups in total. The van der Waals surface area contributed by atoms with E-state index in [4.69, 9.17) is 9.72 Å². The molecule has 2 fully saturated rings. The zero-order chi connectivity index (χ0) is 16.7. The van der Waals surface area contributed by atoms with Crippen LogP contribution in [0.25, 0.3) is 0 Å². The van der Waals surface area contributed by atoms with Gasteiger partial charge >= 0.3 is 5.97 Å². The molecule has 3 heterocycles. The van der Waals surface area contributed by atoms with Crippen molar-refractivity contribution in [3.63, 3.8) is 0 Å². The molecule has 0 bridgehead atoms. The van der Waals surface area contributed by atoms with Gasteiger partial charge in [0, 0.05) is 25.0 Å². The summed E-state index contributed by atoms with van der Waals surface area (Å²) in [5.41, 5.74) is 2.61. The topological polar surface area (TPSA) is 60.2 Å². The maximum Gasteiger partial charge on any atom is 0.341 e. The number of nitrogens with zero attached hydrogens (tertiary/aromatic N) is 4. The van der Waals surface area contributed by atoms with E-state index in [-0.39, 0.29) is 5.97 Å². The van der Waals surface area contributed by atoms with E-state index in [2.05, 4.69) is 22.1 Å². The minimum absolute atomic E-state index is 0.332. The molecule has 24 heavy (non-hydrogen) atoms. The third-order valence-corrected chi connectivity index (χ3v) is 4.96. The molecular weight excluding hydrogens is 304 g/mol. The van der Waals surface area contributed by atoms with E-state index >= 15 is 0 Å². The summed E-state index contributed by atoms with van der Waals surface area (Å²) < 4.78 is 6.74. The zero-order valence-electron chi connectivity index (χ0n) is 14.1. The van der Waals surface area contributed by atoms with Crippen molar-refractivity contribution in [2.45, 2.75) is 26.8 Å². The first-order valence-corrected chi connectivity index (χ1v) is 8.55. The summed E-state index contributed by atoms with van der Waals surface area (Å²) >= 11 is 0. The van der Waals surface area contributed by atoms with Crippen molar-refractivity contribution in [3.05, 3.63) is 41.3 Å². The molecule has 4 rings (SSSR count). The van der Waals surface area contributed by atoms with Crippen molar-refractivity contribution >= 4 is 11.8 Å². The first-order valence-electron chi connectivity index (χ1n) is 8.55. The van der Waals surface area contributed by atoms with Crippen LogP contribution in [0.5, 0.6) is 0 Å². The number of esters is 1. The molecule has 6 nitrogen and oxygen atoms in total. The minimum Gasteiger partial charge on any atom is -0.462 e. The minimum atomic E-state index is -0.332. The lowest BCUT2D eigenvalue weighted by atomic mass is 10.2. The Labute approximate surface area is 141 Å². The third-order valence-electron chi connectivity index (χ3n) is 4.96. The first-order chi connectivity index (χ1) is 11.6. The number of hydrogen-bond donors (Lipinski definition) is 0. The number of fused-ring (bicyclic) bond motifs is 1. The lowest BCUT2D eigenvalue weighted by Gasteiger charge is -2.20. The van der Waals surface area contributed by atoms with E-state index < -0.39 is 0 Å². The van der Waals surface area contributed by atoms with Gasteiger partial charge in [-0.25, -0.2) is 9.78 Å². The SMILES string of the molecule is CCOC(=O)c1cnn(Cc2ccc(N3CC4CC4C3)nc2C)c1. The van der Waals surface area contributed by atoms with Crippen molar-refractivity contribution in [3.8, 4) is 0 Å². The Balaban J connectivity index is 1.45. The number of rotatable bonds is 5. The highest BCUT2D eigenvalue weighted by molar-refractivity contribution is 5.88. The number of hydrogen-bond acceptors (Lipinski definition) is 5. The number of pyridine rings is 1. The van der Waals surface area contributed by atoms with Crippen LogP contribution in [0.3, 0.4) is 0 Å². The smallest absolute Gasteiger partial charge is 0.341 e. The van der Waals surface area contributed by atoms with E-state index in [1.165, 1.54) is 6.42 Å². The average Bonchev–Trinajstić information content (AvgIpc) is 2.98. The number of piperidine rings is 1. The van der Waals surface area contributed by atoms with E-state index in [1.54, 1.807) is 24.0 Å². The number of ether oxygens (including phenoxy) is 1. The van der Waals surface area contributed by atoms with Crippen LogP contribution >= 0.6 is 0 Å². The van der Waals surface area contributed by atoms with E-state index in [0.29, 0.717) is 18.7 Å². The lowest BCUT2D eigenvalue weighted by Crippen LogP contribution is -2.23. The molecule has 0 aromatic carbocycles. The van der Waals surface area contributed by atoms with Crippen molar-refractivity contribution in [2.75, 3.05) is 24.6 Å². The van der Waals surface area contributed by atoms with Crippen LogP contribution in [0.1, 0.15) is 35.0 Å². The van der Waals surface area contributed by atoms with Crippen molar-refractivity contribution in [2.24, 2.45) is 11.8 Å². The van der Waals surface area contributed by atoms with Crippen molar-refractivity contribution in [1.29, 1.82) is 0 Å². The Morgan fingerprint density at radius 2 is 2.12 bits per heavy atom. The van der Waals surface area contributed by atoms with Gasteiger partial charge in [0.2, 0.25) is 0 Å². The summed E-state index contributed by atoms with van der Waals surface area (Å²) in [7, 11) is 0. The maximum absolute atomic E-state index is 11.7. The fourth-order valence-corrected chi connectivity index (χ4v) is 3.45. The van der Waals surface area contributed by atoms with Gasteiger partial charge < -0.3 is 9.64 Å². The van der Waals surface area contributed by atoms with Crippen molar-refractivity contribution in [1.82, 2.24) is 14.8 Å². The summed E-state index contributed by atoms with van der Waals surface area (Å²) in [5.74, 6) is 2.55. The molecule has 0 spiro atoms. The van der Waals surface area contributed by atoms with Gasteiger partial charge in [0.15, 0.2) is 0 Å². The van der Waals surface area contributed by atoms with E-state index in [1.807, 2.05) is 6.92 Å². The lowest BCUT2D eigenvalue weighted by molar-refractivity contribution is 0.0526. The largest absolute Gasteiger partial charge is 0.462 e. The summed E-state index contributed by atoms with van der Waals surface area (Å²) in [6.45, 7) is 7.10. The monoisotopic (exact) mass is 326 g/mol. The van der Waals surface area contributed by atoms with Crippen molar-refractivity contribution < 1.29 is 9.53 Å². The molecule has 126 valence electrons. The molecule has 1 saturated carbocycles. The Morgan fingerprint density at radius 3 is 2.83 bits per heavy atom. The van der Waals surface area contributed by atoms with Gasteiger partial charge in [-0.05, 0) is 43.7 Å². The van der Waals surface area contributed by atoms with Gasteiger partial charge in [0.1, 0.15) is 5.82 Å². The first kappa shape index (κ1) is 15.2. The van der Waals surface area contributed by atoms with Crippen LogP contribution in [0.2, 0.25) is 0 Å². The maximum atomic E-state index is 11.7. The van der Waals surface area contributed by atoms with Gasteiger partial charge in [-0.1, -0.05) is 6.07 Å². The highest BCUT2D eigenvalue weighted by atomic mass is 16.5. The number of carbonyl (C=O) groups excluding carboxylic acids is 1. The molecule has 0 amide bonds. The Morgan fingerprint density at radius 1 is 1.33 bits per heavy atom. The highest BCUT2D eigenvalue weighted by Crippen LogP contribution is 2.45. The van der Waals surface area contributed by atoms with Crippen LogP contribution in [0, 0.1) is 18.8 Å². The second kappa shape index (κ2) is 5.92. The van der Waals surface area contributed by atoms with E-state index in [0.717, 1.165) is 42.0 Å². The fraction of sp³-hybridized carbons (Fsp3) is 0.500. The zero-order valence-corrected chi connectivity index (χ0v) is 14.1. The summed E-state index contributed by atoms with van der Waals surface area (Å²) in [6, 6.07) is 4.22. The Bertz CT molecular complexity index is 760. The van der Waals surface area contributed by atoms with Gasteiger partial charge in [-0.3, -0.25) is 4.68 Å². The molecule has 2 aromatic heterocycles. The third kappa shape index (κ3) is 2.88. The molecule has 1 aliphatic heterocycles. The quantitative estimate of drug-likeness (QED) is 0.789. The molecule has 2 unspecified atom stereocenters. The molecule has 6 heteroatoms. The van der Waals surface area contributed by atoms with Gasteiger partial charge in [-0.15, -0.1) is 0 Å². The molecule has 2 atom stereocenters. The molecule has 1 saturated heterocycles. The molecule has 1 aliphatic carbocycles. The number of anilines is 1. The summed E-state index contributed by atoms with van der Waals surface area (Å²) in [4.78, 5) is 18.9. The fourth-order valence-electron chi connectivity index (χ4n) is 3.45. The average molecular weight is 326 g/mol. The normalized spacial score (nSPS) is 21.7. The second-order valence-electron chi connectivity index (χ2n) is 6.72. The molecule has 2 aliphatic rings. The molecule has 2 aromatic rings. The summed E-state index contributed by atoms with van der Waals surface area (Å²) in [5, 5.41) is 4.25. The number of aryl methyl sites for hydroxylation is 1. The predicted octanol–water partition coefficient (Wildman–Crippen LogP) is 2.27. The van der Waals surface area contributed by atoms with Crippen LogP contribution in [-0.2, 0) is 11.3 Å². The summed E-state index contributed by atoms with van der Waals surface area (Å²) in [6.07, 6.45) is 4.67. The van der Waals surface area contributed by atoms with Crippen LogP contribution in [0.15, 0.2) is 24.5 Å². The Kier molecular flexibility index (Phi) is 3.75. The molecular formula is C18H22N4O2.